The molecule has 9 rings (SSSR count). The molecule has 0 aliphatic carbocycles. The fourth-order valence-electron chi connectivity index (χ4n) is 7.89. The summed E-state index contributed by atoms with van der Waals surface area (Å²) in [5.41, 5.74) is 40.2. The molecule has 0 saturated carbocycles. The Labute approximate surface area is 516 Å². The second kappa shape index (κ2) is 37.6. The first-order chi connectivity index (χ1) is 42.4. The average Bonchev–Trinajstić information content (AvgIpc) is 3.13. The van der Waals surface area contributed by atoms with Crippen molar-refractivity contribution in [1.29, 1.82) is 0 Å². The Kier molecular flexibility index (Phi) is 30.2. The van der Waals surface area contributed by atoms with Gasteiger partial charge in [-0.3, -0.25) is 28.8 Å². The Morgan fingerprint density at radius 1 is 0.416 bits per heavy atom. The fourth-order valence-corrected chi connectivity index (χ4v) is 8.46. The van der Waals surface area contributed by atoms with Gasteiger partial charge in [0.2, 0.25) is 0 Å². The van der Waals surface area contributed by atoms with Crippen molar-refractivity contribution < 1.29 is 73.6 Å². The van der Waals surface area contributed by atoms with Gasteiger partial charge in [-0.05, 0) is 123 Å². The van der Waals surface area contributed by atoms with E-state index in [2.05, 4.69) is 4.98 Å². The molecule has 0 saturated heterocycles. The van der Waals surface area contributed by atoms with Gasteiger partial charge >= 0.3 is 35.8 Å². The van der Waals surface area contributed by atoms with E-state index in [0.717, 1.165) is 66.4 Å². The van der Waals surface area contributed by atoms with Crippen LogP contribution >= 0.6 is 11.3 Å². The first kappa shape index (κ1) is 71.5. The quantitative estimate of drug-likeness (QED) is 0.0343. The lowest BCUT2D eigenvalue weighted by molar-refractivity contribution is -0.139. The summed E-state index contributed by atoms with van der Waals surface area (Å²) in [7, 11) is 0. The number of phenols is 1. The number of aliphatic carboxylic acids is 6. The standard InChI is InChI=1S/C16H17NO3.2C13H13NO2.C9H10FNO2.C9H11NO3.C6H8N2O2S/c17-15(16(18)19)10-12-6-8-14(9-7-12)20-11-13-4-2-1-3-5-13;14-12(13(15)16)8-10-6-3-5-9-4-1-2-7-11(9)10;14-12(13(15)16)8-9-5-6-10-3-1-2-4-11(10)7-9;10-7-3-1-6(2-4-7)5-8(11)9(12)13;10-8(9(12)13)5-6-1-3-7(11)4-2-6;7-5(6(9)10)1-4-2-11-3-8-4/h1-9,15H,10-11,17H2,(H,18,19);2*1-7,12H,8,14H2,(H,15,16);1-4,8H,5,11H2,(H,12,13);1-4,8,11H,5,10H2,(H,12,13);2-3,5H,1,7H2,(H,9,10)/t15-;2*12-;2*8-;5-/m000000/s1. The molecule has 0 spiro atoms. The highest BCUT2D eigenvalue weighted by Crippen LogP contribution is 2.21. The molecule has 89 heavy (non-hydrogen) atoms. The van der Waals surface area contributed by atoms with Gasteiger partial charge in [0.15, 0.2) is 0 Å². The van der Waals surface area contributed by atoms with Gasteiger partial charge in [-0.1, -0.05) is 152 Å². The van der Waals surface area contributed by atoms with Crippen LogP contribution in [0.4, 0.5) is 4.39 Å². The number of carboxylic acids is 6. The summed E-state index contributed by atoms with van der Waals surface area (Å²) in [6, 6.07) is 51.6. The van der Waals surface area contributed by atoms with Crippen LogP contribution in [0.25, 0.3) is 21.5 Å². The number of phenolic OH excluding ortho intramolecular Hbond substituents is 1. The number of nitrogens with two attached hydrogens (primary N) is 6. The van der Waals surface area contributed by atoms with Crippen molar-refractivity contribution in [2.75, 3.05) is 0 Å². The largest absolute Gasteiger partial charge is 0.508 e. The number of carboxylic acid groups (broad SMARTS) is 6. The number of nitrogens with zero attached hydrogens (tertiary/aromatic N) is 1. The molecule has 21 nitrogen and oxygen atoms in total. The number of rotatable bonds is 21. The Balaban J connectivity index is 0.000000231. The van der Waals surface area contributed by atoms with E-state index in [1.54, 1.807) is 23.0 Å². The van der Waals surface area contributed by atoms with Gasteiger partial charge in [0, 0.05) is 11.8 Å². The topological polar surface area (TPSA) is 422 Å². The molecule has 9 aromatic rings. The summed E-state index contributed by atoms with van der Waals surface area (Å²) < 4.78 is 18.1. The lowest BCUT2D eigenvalue weighted by Crippen LogP contribution is -2.32. The maximum absolute atomic E-state index is 12.4. The molecular weight excluding hydrogens is 1170 g/mol. The van der Waals surface area contributed by atoms with E-state index in [0.29, 0.717) is 32.3 Å². The van der Waals surface area contributed by atoms with E-state index in [9.17, 15) is 33.2 Å². The molecule has 1 aromatic heterocycles. The molecule has 6 atom stereocenters. The number of ether oxygens (including phenoxy) is 1. The van der Waals surface area contributed by atoms with Gasteiger partial charge in [0.25, 0.3) is 0 Å². The highest BCUT2D eigenvalue weighted by Gasteiger charge is 2.17. The molecule has 23 heteroatoms. The summed E-state index contributed by atoms with van der Waals surface area (Å²) in [6.45, 7) is 0.509. The maximum atomic E-state index is 12.4. The third-order valence-corrected chi connectivity index (χ3v) is 13.4. The third kappa shape index (κ3) is 27.1. The van der Waals surface area contributed by atoms with Crippen LogP contribution in [0.15, 0.2) is 199 Å². The van der Waals surface area contributed by atoms with E-state index >= 15 is 0 Å². The number of aromatic nitrogens is 1. The molecule has 0 radical (unpaired) electrons. The molecule has 0 aliphatic heterocycles. The zero-order valence-electron chi connectivity index (χ0n) is 48.2. The second-order valence-corrected chi connectivity index (χ2v) is 20.6. The van der Waals surface area contributed by atoms with Crippen molar-refractivity contribution in [3.8, 4) is 11.5 Å². The van der Waals surface area contributed by atoms with Crippen LogP contribution in [-0.4, -0.2) is 113 Å². The van der Waals surface area contributed by atoms with Crippen molar-refractivity contribution in [3.63, 3.8) is 0 Å². The van der Waals surface area contributed by atoms with Crippen molar-refractivity contribution in [2.24, 2.45) is 34.4 Å². The van der Waals surface area contributed by atoms with Crippen LogP contribution in [0.3, 0.4) is 0 Å². The number of halogens is 1. The van der Waals surface area contributed by atoms with Crippen LogP contribution in [-0.2, 0) is 73.9 Å². The lowest BCUT2D eigenvalue weighted by Gasteiger charge is -2.09. The Bertz CT molecular complexity index is 3570. The van der Waals surface area contributed by atoms with E-state index in [1.165, 1.54) is 47.7 Å². The third-order valence-electron chi connectivity index (χ3n) is 12.8. The Hall–Kier alpha value is -9.98. The molecule has 0 unspecified atom stereocenters. The van der Waals surface area contributed by atoms with E-state index < -0.39 is 72.1 Å². The number of hydrogen-bond acceptors (Lipinski definition) is 16. The van der Waals surface area contributed by atoms with Gasteiger partial charge < -0.3 is 74.9 Å². The van der Waals surface area contributed by atoms with Crippen LogP contribution in [0.1, 0.15) is 39.1 Å². The number of thiazole rings is 1. The Morgan fingerprint density at radius 2 is 0.820 bits per heavy atom. The van der Waals surface area contributed by atoms with Crippen molar-refractivity contribution >= 4 is 68.7 Å². The Morgan fingerprint density at radius 3 is 1.31 bits per heavy atom. The van der Waals surface area contributed by atoms with E-state index in [1.807, 2.05) is 140 Å². The summed E-state index contributed by atoms with van der Waals surface area (Å²) >= 11 is 1.43. The van der Waals surface area contributed by atoms with Crippen molar-refractivity contribution in [1.82, 2.24) is 4.98 Å². The first-order valence-corrected chi connectivity index (χ1v) is 28.3. The molecule has 19 N–H and O–H groups in total. The zero-order valence-corrected chi connectivity index (χ0v) is 49.0. The minimum atomic E-state index is -1.05. The molecule has 0 bridgehead atoms. The summed E-state index contributed by atoms with van der Waals surface area (Å²) in [6.07, 6.45) is 1.83. The number of fused-ring (bicyclic) bond motifs is 2. The summed E-state index contributed by atoms with van der Waals surface area (Å²) in [5, 5.41) is 66.9. The van der Waals surface area contributed by atoms with Crippen LogP contribution in [0.5, 0.6) is 11.5 Å². The molecule has 8 aromatic carbocycles. The SMILES string of the molecule is N[C@@H](Cc1ccc(F)cc1)C(=O)O.N[C@@H](Cc1ccc(O)cc1)C(=O)O.N[C@@H](Cc1ccc(OCc2ccccc2)cc1)C(=O)O.N[C@@H](Cc1ccc2ccccc2c1)C(=O)O.N[C@@H](Cc1cccc2ccccc12)C(=O)O.N[C@@H](Cc1cscn1)C(=O)O. The summed E-state index contributed by atoms with van der Waals surface area (Å²) in [4.78, 5) is 67.0. The van der Waals surface area contributed by atoms with Gasteiger partial charge in [-0.15, -0.1) is 11.3 Å². The molecular formula is C66H72FN7O14S. The van der Waals surface area contributed by atoms with Gasteiger partial charge in [0.1, 0.15) is 60.2 Å². The summed E-state index contributed by atoms with van der Waals surface area (Å²) in [5.74, 6) is -5.41. The fraction of sp³-hybridized carbons (Fsp3) is 0.197. The molecule has 0 aliphatic rings. The minimum absolute atomic E-state index is 0.160. The molecule has 468 valence electrons. The van der Waals surface area contributed by atoms with E-state index in [4.69, 9.17) is 74.9 Å². The van der Waals surface area contributed by atoms with Crippen molar-refractivity contribution in [3.05, 3.63) is 244 Å². The smallest absolute Gasteiger partial charge is 0.320 e. The van der Waals surface area contributed by atoms with Gasteiger partial charge in [-0.25, -0.2) is 9.37 Å². The first-order valence-electron chi connectivity index (χ1n) is 27.4. The van der Waals surface area contributed by atoms with Crippen LogP contribution < -0.4 is 39.1 Å². The minimum Gasteiger partial charge on any atom is -0.508 e. The lowest BCUT2D eigenvalue weighted by atomic mass is 9.99. The second-order valence-electron chi connectivity index (χ2n) is 19.9. The number of carbonyl (C=O) groups is 6. The number of aromatic hydroxyl groups is 1. The zero-order chi connectivity index (χ0) is 65.4. The molecule has 0 amide bonds. The average molecular weight is 1240 g/mol. The van der Waals surface area contributed by atoms with Gasteiger partial charge in [0.05, 0.1) is 11.2 Å². The maximum Gasteiger partial charge on any atom is 0.320 e. The normalized spacial score (nSPS) is 12.4. The molecule has 0 fully saturated rings. The monoisotopic (exact) mass is 1240 g/mol. The highest BCUT2D eigenvalue weighted by molar-refractivity contribution is 7.07. The highest BCUT2D eigenvalue weighted by atomic mass is 32.1. The number of benzene rings is 8. The van der Waals surface area contributed by atoms with Crippen LogP contribution in [0.2, 0.25) is 0 Å². The molecule has 1 heterocycles. The predicted octanol–water partition coefficient (Wildman–Crippen LogP) is 7.03. The van der Waals surface area contributed by atoms with Gasteiger partial charge in [-0.2, -0.15) is 0 Å². The predicted molar refractivity (Wildman–Crippen MR) is 338 cm³/mol. The number of hydrogen-bond donors (Lipinski definition) is 13. The van der Waals surface area contributed by atoms with Crippen LogP contribution in [0, 0.1) is 5.82 Å². The van der Waals surface area contributed by atoms with E-state index in [-0.39, 0.29) is 24.4 Å². The van der Waals surface area contributed by atoms with Crippen molar-refractivity contribution in [2.45, 2.75) is 81.4 Å².